The Morgan fingerprint density at radius 2 is 1.86 bits per heavy atom. The summed E-state index contributed by atoms with van der Waals surface area (Å²) in [6, 6.07) is 1.89. The van der Waals surface area contributed by atoms with Gasteiger partial charge < -0.3 is 31.0 Å². The number of fused-ring (bicyclic) bond motifs is 1. The van der Waals surface area contributed by atoms with Crippen LogP contribution in [0, 0.1) is 6.92 Å². The predicted octanol–water partition coefficient (Wildman–Crippen LogP) is 2.39. The molecule has 0 fully saturated rings. The second kappa shape index (κ2) is 13.2. The average Bonchev–Trinajstić information content (AvgIpc) is 2.78. The summed E-state index contributed by atoms with van der Waals surface area (Å²) in [5.74, 6) is -2.53. The first-order valence-corrected chi connectivity index (χ1v) is 11.6. The Morgan fingerprint density at radius 1 is 1.19 bits per heavy atom. The minimum Gasteiger partial charge on any atom is -0.475 e. The van der Waals surface area contributed by atoms with Crippen LogP contribution in [0.25, 0.3) is 6.08 Å². The number of benzene rings is 1. The number of carbonyl (C=O) groups excluding carboxylic acids is 3. The zero-order valence-electron chi connectivity index (χ0n) is 20.2. The second-order valence-electron chi connectivity index (χ2n) is 8.14. The van der Waals surface area contributed by atoms with E-state index in [0.717, 1.165) is 6.08 Å². The number of halogens is 4. The molecule has 0 spiro atoms. The van der Waals surface area contributed by atoms with Crippen molar-refractivity contribution in [3.8, 4) is 5.75 Å². The molecule has 1 aromatic rings. The number of hydrogen-bond acceptors (Lipinski definition) is 7. The van der Waals surface area contributed by atoms with Gasteiger partial charge in [0.1, 0.15) is 11.8 Å². The van der Waals surface area contributed by atoms with E-state index in [0.29, 0.717) is 12.0 Å². The van der Waals surface area contributed by atoms with Crippen molar-refractivity contribution in [2.75, 3.05) is 19.8 Å². The molecule has 10 nitrogen and oxygen atoms in total. The van der Waals surface area contributed by atoms with E-state index >= 15 is 0 Å². The van der Waals surface area contributed by atoms with Gasteiger partial charge >= 0.3 is 18.1 Å². The van der Waals surface area contributed by atoms with Crippen molar-refractivity contribution in [3.05, 3.63) is 33.9 Å². The van der Waals surface area contributed by atoms with E-state index in [1.54, 1.807) is 0 Å². The number of aliphatic imine (C=N–C) groups is 1. The van der Waals surface area contributed by atoms with Crippen molar-refractivity contribution in [1.29, 1.82) is 0 Å². The molecule has 5 N–H and O–H groups in total. The van der Waals surface area contributed by atoms with Gasteiger partial charge in [-0.2, -0.15) is 13.2 Å². The van der Waals surface area contributed by atoms with E-state index in [1.165, 1.54) is 26.0 Å². The SMILES string of the molecule is CC(=O)N[C@@H](CCCN=C(N)N)C(=O)OCCCOC(=O)C1=Cc2cc(Cl)cc(C)c2O[C@@H]1C(F)(F)F. The highest BCUT2D eigenvalue weighted by Gasteiger charge is 2.49. The van der Waals surface area contributed by atoms with Crippen LogP contribution in [-0.2, 0) is 23.9 Å². The van der Waals surface area contributed by atoms with E-state index in [2.05, 4.69) is 10.3 Å². The third-order valence-electron chi connectivity index (χ3n) is 5.00. The summed E-state index contributed by atoms with van der Waals surface area (Å²) in [7, 11) is 0. The number of ether oxygens (including phenoxy) is 3. The van der Waals surface area contributed by atoms with Gasteiger partial charge in [0.25, 0.3) is 0 Å². The van der Waals surface area contributed by atoms with E-state index < -0.39 is 41.7 Å². The highest BCUT2D eigenvalue weighted by atomic mass is 35.5. The first kappa shape index (κ1) is 29.7. The van der Waals surface area contributed by atoms with Gasteiger partial charge in [-0.05, 0) is 43.5 Å². The number of nitrogens with one attached hydrogen (secondary N) is 1. The topological polar surface area (TPSA) is 155 Å². The zero-order chi connectivity index (χ0) is 27.8. The Morgan fingerprint density at radius 3 is 2.49 bits per heavy atom. The molecule has 0 saturated carbocycles. The normalized spacial score (nSPS) is 15.4. The summed E-state index contributed by atoms with van der Waals surface area (Å²) < 4.78 is 56.0. The van der Waals surface area contributed by atoms with Crippen molar-refractivity contribution in [1.82, 2.24) is 5.32 Å². The standard InChI is InChI=1S/C23H28ClF3N4O6/c1-12-9-15(24)10-14-11-16(19(23(25,26)27)37-18(12)14)20(33)35-7-4-8-36-21(34)17(31-13(2)32)5-3-6-30-22(28)29/h9-11,17,19H,3-8H2,1-2H3,(H,31,32)(H4,28,29,30)/t17-,19-/m0/s1. The smallest absolute Gasteiger partial charge is 0.430 e. The number of alkyl halides is 3. The van der Waals surface area contributed by atoms with Crippen LogP contribution in [0.3, 0.4) is 0 Å². The van der Waals surface area contributed by atoms with Crippen LogP contribution in [0.4, 0.5) is 13.2 Å². The fourth-order valence-electron chi connectivity index (χ4n) is 3.44. The molecule has 0 unspecified atom stereocenters. The van der Waals surface area contributed by atoms with Crippen LogP contribution in [0.15, 0.2) is 22.7 Å². The summed E-state index contributed by atoms with van der Waals surface area (Å²) in [4.78, 5) is 39.9. The Balaban J connectivity index is 1.93. The average molecular weight is 549 g/mol. The van der Waals surface area contributed by atoms with Crippen molar-refractivity contribution in [2.45, 2.75) is 51.4 Å². The van der Waals surface area contributed by atoms with Gasteiger partial charge in [0.05, 0.1) is 18.8 Å². The van der Waals surface area contributed by atoms with E-state index in [1.807, 2.05) is 0 Å². The van der Waals surface area contributed by atoms with Gasteiger partial charge in [0, 0.05) is 30.5 Å². The molecule has 0 aromatic heterocycles. The van der Waals surface area contributed by atoms with Gasteiger partial charge in [-0.25, -0.2) is 9.59 Å². The number of esters is 2. The van der Waals surface area contributed by atoms with E-state index in [9.17, 15) is 27.6 Å². The van der Waals surface area contributed by atoms with Crippen LogP contribution < -0.4 is 21.5 Å². The molecule has 1 heterocycles. The summed E-state index contributed by atoms with van der Waals surface area (Å²) >= 11 is 5.97. The monoisotopic (exact) mass is 548 g/mol. The molecule has 1 aliphatic rings. The lowest BCUT2D eigenvalue weighted by molar-refractivity contribution is -0.188. The fourth-order valence-corrected chi connectivity index (χ4v) is 3.72. The predicted molar refractivity (Wildman–Crippen MR) is 129 cm³/mol. The maximum atomic E-state index is 13.6. The molecule has 0 saturated heterocycles. The second-order valence-corrected chi connectivity index (χ2v) is 8.58. The van der Waals surface area contributed by atoms with E-state index in [4.69, 9.17) is 37.3 Å². The Hall–Kier alpha value is -3.48. The largest absolute Gasteiger partial charge is 0.475 e. The number of carbonyl (C=O) groups is 3. The van der Waals surface area contributed by atoms with Crippen LogP contribution in [-0.4, -0.2) is 61.9 Å². The van der Waals surface area contributed by atoms with Crippen molar-refractivity contribution in [3.63, 3.8) is 0 Å². The van der Waals surface area contributed by atoms with Crippen LogP contribution in [0.2, 0.25) is 5.02 Å². The summed E-state index contributed by atoms with van der Waals surface area (Å²) in [5, 5.41) is 2.73. The summed E-state index contributed by atoms with van der Waals surface area (Å²) in [5.41, 5.74) is 10.3. The Kier molecular flexibility index (Phi) is 10.6. The lowest BCUT2D eigenvalue weighted by atomic mass is 9.99. The third-order valence-corrected chi connectivity index (χ3v) is 5.22. The molecular formula is C23H28ClF3N4O6. The van der Waals surface area contributed by atoms with Gasteiger partial charge in [-0.1, -0.05) is 11.6 Å². The number of rotatable bonds is 11. The maximum absolute atomic E-state index is 13.6. The minimum absolute atomic E-state index is 0.00458. The number of hydrogen-bond donors (Lipinski definition) is 3. The first-order valence-electron chi connectivity index (χ1n) is 11.2. The molecule has 1 aliphatic heterocycles. The van der Waals surface area contributed by atoms with Gasteiger partial charge in [-0.3, -0.25) is 9.79 Å². The van der Waals surface area contributed by atoms with Gasteiger partial charge in [0.15, 0.2) is 5.96 Å². The van der Waals surface area contributed by atoms with Crippen molar-refractivity contribution < 1.29 is 41.8 Å². The summed E-state index contributed by atoms with van der Waals surface area (Å²) in [6.45, 7) is 2.49. The molecule has 37 heavy (non-hydrogen) atoms. The number of guanidine groups is 1. The molecule has 14 heteroatoms. The number of nitrogens with two attached hydrogens (primary N) is 2. The molecule has 1 amide bonds. The highest BCUT2D eigenvalue weighted by Crippen LogP contribution is 2.40. The minimum atomic E-state index is -4.87. The zero-order valence-corrected chi connectivity index (χ0v) is 20.9. The van der Waals surface area contributed by atoms with E-state index in [-0.39, 0.29) is 54.9 Å². The highest BCUT2D eigenvalue weighted by molar-refractivity contribution is 6.30. The molecule has 2 atom stereocenters. The molecule has 0 aliphatic carbocycles. The number of amides is 1. The van der Waals surface area contributed by atoms with Crippen LogP contribution in [0.1, 0.15) is 37.3 Å². The number of nitrogens with zero attached hydrogens (tertiary/aromatic N) is 1. The van der Waals surface area contributed by atoms with Crippen LogP contribution in [0.5, 0.6) is 5.75 Å². The molecule has 1 aromatic carbocycles. The van der Waals surface area contributed by atoms with Gasteiger partial charge in [-0.15, -0.1) is 0 Å². The van der Waals surface area contributed by atoms with Gasteiger partial charge in [0.2, 0.25) is 12.0 Å². The Labute approximate surface area is 216 Å². The third kappa shape index (κ3) is 9.16. The lowest BCUT2D eigenvalue weighted by Gasteiger charge is -2.29. The van der Waals surface area contributed by atoms with Crippen LogP contribution >= 0.6 is 11.6 Å². The fraction of sp³-hybridized carbons (Fsp3) is 0.478. The quantitative estimate of drug-likeness (QED) is 0.165. The summed E-state index contributed by atoms with van der Waals surface area (Å²) in [6.07, 6.45) is -5.74. The molecule has 0 bridgehead atoms. The number of aryl methyl sites for hydroxylation is 1. The van der Waals surface area contributed by atoms with Crippen molar-refractivity contribution >= 4 is 41.5 Å². The molecule has 2 rings (SSSR count). The lowest BCUT2D eigenvalue weighted by Crippen LogP contribution is -2.41. The van der Waals surface area contributed by atoms with Crippen molar-refractivity contribution in [2.24, 2.45) is 16.5 Å². The maximum Gasteiger partial charge on any atom is 0.430 e. The Bertz CT molecular complexity index is 1070. The first-order chi connectivity index (χ1) is 17.3. The molecular weight excluding hydrogens is 521 g/mol. The molecule has 0 radical (unpaired) electrons. The molecule has 204 valence electrons.